The summed E-state index contributed by atoms with van der Waals surface area (Å²) in [6.07, 6.45) is 2.89. The van der Waals surface area contributed by atoms with Gasteiger partial charge in [0, 0.05) is 18.1 Å². The molecular formula is C20H19ClN2O5. The van der Waals surface area contributed by atoms with Gasteiger partial charge in [0.1, 0.15) is 11.8 Å². The number of halogens is 1. The molecule has 3 heterocycles. The van der Waals surface area contributed by atoms with Crippen LogP contribution in [-0.2, 0) is 19.1 Å². The zero-order chi connectivity index (χ0) is 19.5. The van der Waals surface area contributed by atoms with Gasteiger partial charge in [-0.2, -0.15) is 5.10 Å². The molecule has 2 aromatic rings. The van der Waals surface area contributed by atoms with Crippen molar-refractivity contribution >= 4 is 29.2 Å². The highest BCUT2D eigenvalue weighted by Crippen LogP contribution is 2.33. The van der Waals surface area contributed by atoms with Gasteiger partial charge in [0.2, 0.25) is 0 Å². The Morgan fingerprint density at radius 2 is 2.07 bits per heavy atom. The largest absolute Gasteiger partial charge is 0.467 e. The number of rotatable bonds is 5. The van der Waals surface area contributed by atoms with Crippen molar-refractivity contribution in [2.24, 2.45) is 5.10 Å². The van der Waals surface area contributed by atoms with E-state index in [0.717, 1.165) is 17.7 Å². The normalized spacial score (nSPS) is 21.6. The monoisotopic (exact) mass is 402 g/mol. The van der Waals surface area contributed by atoms with Crippen LogP contribution >= 0.6 is 11.6 Å². The Bertz CT molecular complexity index is 873. The minimum absolute atomic E-state index is 0.394. The van der Waals surface area contributed by atoms with E-state index in [1.165, 1.54) is 5.01 Å². The fraction of sp³-hybridized carbons (Fsp3) is 0.350. The Morgan fingerprint density at radius 1 is 1.25 bits per heavy atom. The Kier molecular flexibility index (Phi) is 5.45. The highest BCUT2D eigenvalue weighted by molar-refractivity contribution is 6.30. The first-order valence-corrected chi connectivity index (χ1v) is 9.47. The summed E-state index contributed by atoms with van der Waals surface area (Å²) in [4.78, 5) is 24.7. The third-order valence-electron chi connectivity index (χ3n) is 4.75. The summed E-state index contributed by atoms with van der Waals surface area (Å²) in [5.41, 5.74) is 1.60. The van der Waals surface area contributed by atoms with E-state index in [1.54, 1.807) is 30.5 Å². The predicted octanol–water partition coefficient (Wildman–Crippen LogP) is 3.33. The smallest absolute Gasteiger partial charge is 0.335 e. The summed E-state index contributed by atoms with van der Waals surface area (Å²) < 4.78 is 15.9. The second-order valence-corrected chi connectivity index (χ2v) is 7.07. The molecule has 8 heteroatoms. The molecule has 1 saturated heterocycles. The van der Waals surface area contributed by atoms with Gasteiger partial charge in [-0.1, -0.05) is 23.7 Å². The highest BCUT2D eigenvalue weighted by atomic mass is 35.5. The number of benzene rings is 1. The molecule has 28 heavy (non-hydrogen) atoms. The lowest BCUT2D eigenvalue weighted by Gasteiger charge is -2.20. The summed E-state index contributed by atoms with van der Waals surface area (Å²) >= 11 is 5.95. The quantitative estimate of drug-likeness (QED) is 0.716. The number of furan rings is 1. The first-order chi connectivity index (χ1) is 13.6. The number of carbonyl (C=O) groups excluding carboxylic acids is 2. The van der Waals surface area contributed by atoms with E-state index in [-0.39, 0.29) is 0 Å². The van der Waals surface area contributed by atoms with Gasteiger partial charge < -0.3 is 13.9 Å². The number of hydrogen-bond donors (Lipinski definition) is 0. The number of amides is 1. The minimum Gasteiger partial charge on any atom is -0.467 e. The van der Waals surface area contributed by atoms with E-state index in [9.17, 15) is 9.59 Å². The molecule has 2 atom stereocenters. The maximum Gasteiger partial charge on any atom is 0.335 e. The van der Waals surface area contributed by atoms with Gasteiger partial charge >= 0.3 is 5.97 Å². The molecule has 0 bridgehead atoms. The molecule has 0 spiro atoms. The maximum atomic E-state index is 12.7. The Balaban J connectivity index is 1.49. The molecule has 1 amide bonds. The zero-order valence-electron chi connectivity index (χ0n) is 15.0. The summed E-state index contributed by atoms with van der Waals surface area (Å²) in [5.74, 6) is -0.315. The van der Waals surface area contributed by atoms with Crippen molar-refractivity contribution in [3.8, 4) is 0 Å². The number of esters is 1. The molecule has 0 aliphatic carbocycles. The van der Waals surface area contributed by atoms with E-state index >= 15 is 0 Å². The SMILES string of the molecule is O=C(OCC(=O)N1N=C(c2ccc(Cl)cc2)C[C@@H]1c1ccco1)[C@H]1CCCO1. The van der Waals surface area contributed by atoms with Crippen molar-refractivity contribution in [2.45, 2.75) is 31.4 Å². The first kappa shape index (κ1) is 18.7. The van der Waals surface area contributed by atoms with Gasteiger partial charge in [0.15, 0.2) is 12.7 Å². The summed E-state index contributed by atoms with van der Waals surface area (Å²) in [7, 11) is 0. The third-order valence-corrected chi connectivity index (χ3v) is 5.00. The van der Waals surface area contributed by atoms with Crippen molar-refractivity contribution in [1.29, 1.82) is 0 Å². The van der Waals surface area contributed by atoms with E-state index in [0.29, 0.717) is 30.2 Å². The lowest BCUT2D eigenvalue weighted by Crippen LogP contribution is -2.33. The molecule has 0 saturated carbocycles. The number of carbonyl (C=O) groups is 2. The average molecular weight is 403 g/mol. The topological polar surface area (TPSA) is 81.3 Å². The Morgan fingerprint density at radius 3 is 2.75 bits per heavy atom. The number of nitrogens with zero attached hydrogens (tertiary/aromatic N) is 2. The average Bonchev–Trinajstić information content (AvgIpc) is 3.47. The van der Waals surface area contributed by atoms with Crippen molar-refractivity contribution in [2.75, 3.05) is 13.2 Å². The molecule has 0 radical (unpaired) electrons. The van der Waals surface area contributed by atoms with Gasteiger partial charge in [-0.05, 0) is 42.7 Å². The van der Waals surface area contributed by atoms with Gasteiger partial charge in [0.25, 0.3) is 5.91 Å². The van der Waals surface area contributed by atoms with Gasteiger partial charge in [-0.15, -0.1) is 0 Å². The van der Waals surface area contributed by atoms with Crippen LogP contribution in [-0.4, -0.2) is 41.9 Å². The van der Waals surface area contributed by atoms with E-state index in [1.807, 2.05) is 12.1 Å². The summed E-state index contributed by atoms with van der Waals surface area (Å²) in [5, 5.41) is 6.42. The van der Waals surface area contributed by atoms with Crippen molar-refractivity contribution in [1.82, 2.24) is 5.01 Å². The van der Waals surface area contributed by atoms with Crippen LogP contribution in [0.2, 0.25) is 5.02 Å². The van der Waals surface area contributed by atoms with E-state index in [4.69, 9.17) is 25.5 Å². The van der Waals surface area contributed by atoms with Gasteiger partial charge in [0.05, 0.1) is 12.0 Å². The van der Waals surface area contributed by atoms with Crippen LogP contribution in [0.4, 0.5) is 0 Å². The van der Waals surface area contributed by atoms with Crippen LogP contribution in [0.5, 0.6) is 0 Å². The number of ether oxygens (including phenoxy) is 2. The van der Waals surface area contributed by atoms with Crippen molar-refractivity contribution < 1.29 is 23.5 Å². The zero-order valence-corrected chi connectivity index (χ0v) is 15.8. The molecule has 1 fully saturated rings. The van der Waals surface area contributed by atoms with Crippen LogP contribution in [0.3, 0.4) is 0 Å². The van der Waals surface area contributed by atoms with E-state index < -0.39 is 30.6 Å². The molecule has 1 aromatic carbocycles. The molecule has 2 aliphatic rings. The van der Waals surface area contributed by atoms with Crippen molar-refractivity contribution in [3.05, 3.63) is 59.0 Å². The molecule has 1 aromatic heterocycles. The lowest BCUT2D eigenvalue weighted by molar-refractivity contribution is -0.160. The molecular weight excluding hydrogens is 384 g/mol. The second-order valence-electron chi connectivity index (χ2n) is 6.64. The van der Waals surface area contributed by atoms with Crippen LogP contribution in [0.25, 0.3) is 0 Å². The molecule has 0 unspecified atom stereocenters. The fourth-order valence-electron chi connectivity index (χ4n) is 3.32. The second kappa shape index (κ2) is 8.16. The van der Waals surface area contributed by atoms with Crippen molar-refractivity contribution in [3.63, 3.8) is 0 Å². The minimum atomic E-state index is -0.583. The molecule has 2 aliphatic heterocycles. The van der Waals surface area contributed by atoms with Gasteiger partial charge in [-0.25, -0.2) is 9.80 Å². The number of hydrogen-bond acceptors (Lipinski definition) is 6. The maximum absolute atomic E-state index is 12.7. The standard InChI is InChI=1S/C20H19ClN2O5/c21-14-7-5-13(6-8-14)15-11-16(17-3-1-9-26-17)23(22-15)19(24)12-28-20(25)18-4-2-10-27-18/h1,3,5-9,16,18H,2,4,10-12H2/t16-,18-/m1/s1. The fourth-order valence-corrected chi connectivity index (χ4v) is 3.44. The molecule has 4 rings (SSSR count). The predicted molar refractivity (Wildman–Crippen MR) is 101 cm³/mol. The van der Waals surface area contributed by atoms with Crippen LogP contribution < -0.4 is 0 Å². The lowest BCUT2D eigenvalue weighted by atomic mass is 10.0. The Hall–Kier alpha value is -2.64. The van der Waals surface area contributed by atoms with Crippen LogP contribution in [0.1, 0.15) is 36.6 Å². The van der Waals surface area contributed by atoms with Crippen LogP contribution in [0.15, 0.2) is 52.2 Å². The number of hydrazone groups is 1. The first-order valence-electron chi connectivity index (χ1n) is 9.09. The van der Waals surface area contributed by atoms with Crippen LogP contribution in [0, 0.1) is 0 Å². The van der Waals surface area contributed by atoms with E-state index in [2.05, 4.69) is 5.10 Å². The summed E-state index contributed by atoms with van der Waals surface area (Å²) in [6, 6.07) is 10.4. The third kappa shape index (κ3) is 3.95. The molecule has 7 nitrogen and oxygen atoms in total. The van der Waals surface area contributed by atoms with Gasteiger partial charge in [-0.3, -0.25) is 4.79 Å². The molecule has 0 N–H and O–H groups in total. The Labute approximate surface area is 166 Å². The summed E-state index contributed by atoms with van der Waals surface area (Å²) in [6.45, 7) is 0.141. The highest BCUT2D eigenvalue weighted by Gasteiger charge is 2.35. The molecule has 146 valence electrons.